The lowest BCUT2D eigenvalue weighted by Gasteiger charge is -2.11. The van der Waals surface area contributed by atoms with Crippen LogP contribution in [0.25, 0.3) is 10.2 Å². The van der Waals surface area contributed by atoms with Gasteiger partial charge in [0.05, 0.1) is 12.0 Å². The minimum atomic E-state index is 0.0785. The smallest absolute Gasteiger partial charge is 0.262 e. The van der Waals surface area contributed by atoms with E-state index in [0.29, 0.717) is 13.2 Å². The van der Waals surface area contributed by atoms with Gasteiger partial charge in [0.15, 0.2) is 5.16 Å². The number of nitrogens with zero attached hydrogens (tertiary/aromatic N) is 2. The topological polar surface area (TPSA) is 44.1 Å². The highest BCUT2D eigenvalue weighted by Crippen LogP contribution is 2.24. The third-order valence-electron chi connectivity index (χ3n) is 4.26. The van der Waals surface area contributed by atoms with Crippen molar-refractivity contribution in [1.29, 1.82) is 0 Å². The molecule has 0 bridgehead atoms. The van der Waals surface area contributed by atoms with Crippen LogP contribution in [0.15, 0.2) is 40.3 Å². The van der Waals surface area contributed by atoms with Crippen LogP contribution in [-0.2, 0) is 13.0 Å². The van der Waals surface area contributed by atoms with Gasteiger partial charge in [-0.25, -0.2) is 4.98 Å². The van der Waals surface area contributed by atoms with Gasteiger partial charge >= 0.3 is 0 Å². The molecule has 0 atom stereocenters. The molecular formula is C20H24N2O2S2. The number of ether oxygens (including phenoxy) is 1. The first-order chi connectivity index (χ1) is 12.6. The van der Waals surface area contributed by atoms with Crippen molar-refractivity contribution in [1.82, 2.24) is 9.55 Å². The highest BCUT2D eigenvalue weighted by atomic mass is 32.2. The maximum absolute atomic E-state index is 12.8. The zero-order valence-electron chi connectivity index (χ0n) is 15.4. The van der Waals surface area contributed by atoms with Crippen molar-refractivity contribution in [2.75, 3.05) is 12.9 Å². The molecule has 0 N–H and O–H groups in total. The molecule has 4 nitrogen and oxygen atoms in total. The van der Waals surface area contributed by atoms with E-state index in [4.69, 9.17) is 9.72 Å². The van der Waals surface area contributed by atoms with Crippen molar-refractivity contribution in [3.63, 3.8) is 0 Å². The first kappa shape index (κ1) is 19.0. The lowest BCUT2D eigenvalue weighted by molar-refractivity contribution is 0.301. The van der Waals surface area contributed by atoms with Gasteiger partial charge in [-0.15, -0.1) is 11.3 Å². The standard InChI is InChI=1S/C20H24N2O2S2/c1-4-16-13-17-18(26-16)21-20(25-3)22(19(17)23)11-5-6-12-24-15-9-7-14(2)8-10-15/h7-10,13H,4-6,11-12H2,1-3H3. The number of rotatable bonds is 8. The van der Waals surface area contributed by atoms with Crippen LogP contribution in [0.1, 0.15) is 30.2 Å². The fourth-order valence-corrected chi connectivity index (χ4v) is 4.36. The maximum Gasteiger partial charge on any atom is 0.262 e. The summed E-state index contributed by atoms with van der Waals surface area (Å²) >= 11 is 3.15. The molecule has 3 rings (SSSR count). The zero-order chi connectivity index (χ0) is 18.5. The SMILES string of the molecule is CCc1cc2c(=O)n(CCCCOc3ccc(C)cc3)c(SC)nc2s1. The van der Waals surface area contributed by atoms with Crippen molar-refractivity contribution >= 4 is 33.3 Å². The Kier molecular flexibility index (Phi) is 6.38. The Balaban J connectivity index is 1.63. The lowest BCUT2D eigenvalue weighted by atomic mass is 10.2. The van der Waals surface area contributed by atoms with E-state index in [1.165, 1.54) is 22.2 Å². The summed E-state index contributed by atoms with van der Waals surface area (Å²) in [7, 11) is 0. The molecule has 0 aliphatic heterocycles. The summed E-state index contributed by atoms with van der Waals surface area (Å²) in [5.41, 5.74) is 1.30. The van der Waals surface area contributed by atoms with E-state index in [-0.39, 0.29) is 5.56 Å². The van der Waals surface area contributed by atoms with Crippen LogP contribution < -0.4 is 10.3 Å². The van der Waals surface area contributed by atoms with E-state index in [1.54, 1.807) is 11.3 Å². The quantitative estimate of drug-likeness (QED) is 0.312. The first-order valence-corrected chi connectivity index (χ1v) is 10.9. The third-order valence-corrected chi connectivity index (χ3v) is 6.11. The van der Waals surface area contributed by atoms with Gasteiger partial charge in [0.25, 0.3) is 5.56 Å². The molecule has 2 aromatic heterocycles. The molecule has 0 radical (unpaired) electrons. The van der Waals surface area contributed by atoms with E-state index in [1.807, 2.05) is 41.2 Å². The molecule has 0 saturated carbocycles. The van der Waals surface area contributed by atoms with Crippen LogP contribution in [-0.4, -0.2) is 22.4 Å². The molecule has 2 heterocycles. The molecule has 26 heavy (non-hydrogen) atoms. The minimum Gasteiger partial charge on any atom is -0.494 e. The van der Waals surface area contributed by atoms with E-state index in [2.05, 4.69) is 13.8 Å². The molecule has 0 spiro atoms. The van der Waals surface area contributed by atoms with Gasteiger partial charge in [-0.05, 0) is 50.6 Å². The van der Waals surface area contributed by atoms with Crippen LogP contribution >= 0.6 is 23.1 Å². The molecule has 3 aromatic rings. The first-order valence-electron chi connectivity index (χ1n) is 8.89. The summed E-state index contributed by atoms with van der Waals surface area (Å²) in [5.74, 6) is 0.894. The molecule has 0 fully saturated rings. The lowest BCUT2D eigenvalue weighted by Crippen LogP contribution is -2.23. The fourth-order valence-electron chi connectivity index (χ4n) is 2.77. The summed E-state index contributed by atoms with van der Waals surface area (Å²) in [6.07, 6.45) is 4.69. The molecule has 0 unspecified atom stereocenters. The number of thioether (sulfide) groups is 1. The Labute approximate surface area is 162 Å². The summed E-state index contributed by atoms with van der Waals surface area (Å²) in [4.78, 5) is 19.6. The Morgan fingerprint density at radius 2 is 2.00 bits per heavy atom. The van der Waals surface area contributed by atoms with Gasteiger partial charge in [0.2, 0.25) is 0 Å². The Hall–Kier alpha value is -1.79. The average Bonchev–Trinajstić information content (AvgIpc) is 3.08. The predicted molar refractivity (Wildman–Crippen MR) is 111 cm³/mol. The van der Waals surface area contributed by atoms with Crippen molar-refractivity contribution in [3.05, 3.63) is 51.1 Å². The van der Waals surface area contributed by atoms with E-state index in [0.717, 1.165) is 40.4 Å². The molecule has 0 aliphatic carbocycles. The van der Waals surface area contributed by atoms with Gasteiger partial charge in [-0.3, -0.25) is 9.36 Å². The Bertz CT molecular complexity index is 929. The van der Waals surface area contributed by atoms with Crippen LogP contribution in [0.4, 0.5) is 0 Å². The molecule has 138 valence electrons. The van der Waals surface area contributed by atoms with Gasteiger partial charge in [-0.1, -0.05) is 36.4 Å². The monoisotopic (exact) mass is 388 g/mol. The summed E-state index contributed by atoms with van der Waals surface area (Å²) in [6.45, 7) is 5.49. The second kappa shape index (κ2) is 8.73. The van der Waals surface area contributed by atoms with Gasteiger partial charge in [0.1, 0.15) is 10.6 Å². The number of aryl methyl sites for hydroxylation is 2. The number of aromatic nitrogens is 2. The number of thiophene rings is 1. The number of hydrogen-bond acceptors (Lipinski definition) is 5. The van der Waals surface area contributed by atoms with Gasteiger partial charge < -0.3 is 4.74 Å². The highest BCUT2D eigenvalue weighted by Gasteiger charge is 2.13. The second-order valence-electron chi connectivity index (χ2n) is 6.21. The molecule has 0 saturated heterocycles. The summed E-state index contributed by atoms with van der Waals surface area (Å²) in [5, 5.41) is 1.55. The Morgan fingerprint density at radius 1 is 1.23 bits per heavy atom. The summed E-state index contributed by atoms with van der Waals surface area (Å²) < 4.78 is 7.58. The zero-order valence-corrected chi connectivity index (χ0v) is 17.1. The van der Waals surface area contributed by atoms with Crippen molar-refractivity contribution in [2.24, 2.45) is 0 Å². The van der Waals surface area contributed by atoms with Crippen molar-refractivity contribution < 1.29 is 4.74 Å². The molecule has 1 aromatic carbocycles. The van der Waals surface area contributed by atoms with Crippen molar-refractivity contribution in [2.45, 2.75) is 44.8 Å². The number of unbranched alkanes of at least 4 members (excludes halogenated alkanes) is 1. The number of benzene rings is 1. The van der Waals surface area contributed by atoms with Crippen LogP contribution in [0.3, 0.4) is 0 Å². The molecule has 0 amide bonds. The summed E-state index contributed by atoms with van der Waals surface area (Å²) in [6, 6.07) is 10.1. The van der Waals surface area contributed by atoms with E-state index >= 15 is 0 Å². The fraction of sp³-hybridized carbons (Fsp3) is 0.400. The van der Waals surface area contributed by atoms with Gasteiger partial charge in [-0.2, -0.15) is 0 Å². The highest BCUT2D eigenvalue weighted by molar-refractivity contribution is 7.98. The van der Waals surface area contributed by atoms with Crippen LogP contribution in [0.5, 0.6) is 5.75 Å². The van der Waals surface area contributed by atoms with Crippen molar-refractivity contribution in [3.8, 4) is 5.75 Å². The molecular weight excluding hydrogens is 364 g/mol. The van der Waals surface area contributed by atoms with Crippen LogP contribution in [0, 0.1) is 6.92 Å². The minimum absolute atomic E-state index is 0.0785. The van der Waals surface area contributed by atoms with Crippen LogP contribution in [0.2, 0.25) is 0 Å². The number of hydrogen-bond donors (Lipinski definition) is 0. The third kappa shape index (κ3) is 4.30. The van der Waals surface area contributed by atoms with E-state index in [9.17, 15) is 4.79 Å². The normalized spacial score (nSPS) is 11.2. The average molecular weight is 389 g/mol. The molecule has 0 aliphatic rings. The van der Waals surface area contributed by atoms with Gasteiger partial charge in [0, 0.05) is 11.4 Å². The number of fused-ring (bicyclic) bond motifs is 1. The Morgan fingerprint density at radius 3 is 2.69 bits per heavy atom. The largest absolute Gasteiger partial charge is 0.494 e. The maximum atomic E-state index is 12.8. The van der Waals surface area contributed by atoms with E-state index < -0.39 is 0 Å². The second-order valence-corrected chi connectivity index (χ2v) is 8.10. The molecule has 6 heteroatoms. The predicted octanol–water partition coefficient (Wildman–Crippen LogP) is 4.91.